The van der Waals surface area contributed by atoms with Gasteiger partial charge in [-0.2, -0.15) is 0 Å². The number of benzene rings is 1. The number of aromatic nitrogens is 1. The summed E-state index contributed by atoms with van der Waals surface area (Å²) in [6.07, 6.45) is 3.24. The number of hydrogen-bond acceptors (Lipinski definition) is 6. The lowest BCUT2D eigenvalue weighted by Crippen LogP contribution is -2.47. The summed E-state index contributed by atoms with van der Waals surface area (Å²) in [4.78, 5) is 9.81. The van der Waals surface area contributed by atoms with Crippen molar-refractivity contribution in [3.8, 4) is 11.1 Å². The van der Waals surface area contributed by atoms with Crippen LogP contribution in [-0.4, -0.2) is 37.7 Å². The summed E-state index contributed by atoms with van der Waals surface area (Å²) >= 11 is 0. The molecule has 1 atom stereocenters. The number of hydrogen-bond donors (Lipinski definition) is 1. The minimum Gasteiger partial charge on any atom is -0.475 e. The van der Waals surface area contributed by atoms with Crippen molar-refractivity contribution in [1.82, 2.24) is 9.71 Å². The van der Waals surface area contributed by atoms with Gasteiger partial charge in [0.25, 0.3) is 0 Å². The molecule has 0 saturated heterocycles. The Bertz CT molecular complexity index is 1080. The van der Waals surface area contributed by atoms with E-state index in [-0.39, 0.29) is 24.1 Å². The van der Waals surface area contributed by atoms with Gasteiger partial charge in [0.2, 0.25) is 15.9 Å². The molecule has 2 aliphatic rings. The predicted octanol–water partition coefficient (Wildman–Crippen LogP) is 3.21. The predicted molar refractivity (Wildman–Crippen MR) is 106 cm³/mol. The molecule has 1 saturated carbocycles. The molecule has 1 aromatic heterocycles. The van der Waals surface area contributed by atoms with Gasteiger partial charge in [-0.15, -0.1) is 0 Å². The summed E-state index contributed by atoms with van der Waals surface area (Å²) in [5.74, 6) is -1.01. The summed E-state index contributed by atoms with van der Waals surface area (Å²) in [7, 11) is -3.25. The maximum Gasteiger partial charge on any atom is 0.230 e. The lowest BCUT2D eigenvalue weighted by atomic mass is 9.90. The largest absolute Gasteiger partial charge is 0.475 e. The Hall–Kier alpha value is -2.59. The van der Waals surface area contributed by atoms with Gasteiger partial charge < -0.3 is 9.57 Å². The number of oxime groups is 1. The molecular formula is C20H21F2N3O4S. The first kappa shape index (κ1) is 20.7. The van der Waals surface area contributed by atoms with Crippen LogP contribution in [0.15, 0.2) is 35.6 Å². The summed E-state index contributed by atoms with van der Waals surface area (Å²) in [5, 5.41) is 3.95. The van der Waals surface area contributed by atoms with Crippen molar-refractivity contribution in [2.24, 2.45) is 5.16 Å². The number of ether oxygens (including phenoxy) is 1. The van der Waals surface area contributed by atoms with Crippen LogP contribution in [0.25, 0.3) is 11.1 Å². The zero-order valence-electron chi connectivity index (χ0n) is 16.4. The van der Waals surface area contributed by atoms with Crippen molar-refractivity contribution in [3.63, 3.8) is 0 Å². The number of aryl methyl sites for hydroxylation is 1. The molecule has 0 spiro atoms. The van der Waals surface area contributed by atoms with E-state index in [2.05, 4.69) is 14.9 Å². The van der Waals surface area contributed by atoms with E-state index in [0.717, 1.165) is 11.8 Å². The van der Waals surface area contributed by atoms with E-state index >= 15 is 0 Å². The Morgan fingerprint density at radius 1 is 1.23 bits per heavy atom. The molecule has 2 aromatic rings. The SMILES string of the molecule is Cc1cnc(C2CC(OC3CC(NS(C)(=O)=O)C3)=NO2)c(-c2c(F)cccc2F)c1. The van der Waals surface area contributed by atoms with Crippen LogP contribution in [0.3, 0.4) is 0 Å². The van der Waals surface area contributed by atoms with Crippen LogP contribution >= 0.6 is 0 Å². The Morgan fingerprint density at radius 2 is 1.93 bits per heavy atom. The Morgan fingerprint density at radius 3 is 2.60 bits per heavy atom. The molecule has 30 heavy (non-hydrogen) atoms. The maximum absolute atomic E-state index is 14.4. The van der Waals surface area contributed by atoms with E-state index < -0.39 is 27.8 Å². The molecule has 1 fully saturated rings. The summed E-state index contributed by atoms with van der Waals surface area (Å²) in [6, 6.07) is 5.21. The normalized spacial score (nSPS) is 23.5. The lowest BCUT2D eigenvalue weighted by Gasteiger charge is -2.34. The number of rotatable bonds is 5. The van der Waals surface area contributed by atoms with Gasteiger partial charge in [0.05, 0.1) is 23.9 Å². The number of nitrogens with one attached hydrogen (secondary N) is 1. The fourth-order valence-electron chi connectivity index (χ4n) is 3.62. The standard InChI is InChI=1S/C20H21F2N3O4S/c1-11-6-14(19-15(21)4-3-5-16(19)22)20(23-10-11)17-9-18(24-29-17)28-13-7-12(8-13)25-30(2,26)27/h3-6,10,12-13,17,25H,7-9H2,1-2H3. The number of nitrogens with zero attached hydrogens (tertiary/aromatic N) is 2. The molecule has 1 aliphatic carbocycles. The Kier molecular flexibility index (Phi) is 5.46. The second-order valence-corrected chi connectivity index (χ2v) is 9.40. The highest BCUT2D eigenvalue weighted by Crippen LogP contribution is 2.37. The first-order chi connectivity index (χ1) is 14.2. The van der Waals surface area contributed by atoms with Crippen LogP contribution in [-0.2, 0) is 19.6 Å². The van der Waals surface area contributed by atoms with E-state index in [1.807, 2.05) is 0 Å². The second kappa shape index (κ2) is 7.92. The van der Waals surface area contributed by atoms with Gasteiger partial charge in [0.1, 0.15) is 17.7 Å². The van der Waals surface area contributed by atoms with E-state index in [9.17, 15) is 17.2 Å². The van der Waals surface area contributed by atoms with Crippen LogP contribution in [0.1, 0.15) is 36.6 Å². The molecule has 0 radical (unpaired) electrons. The quantitative estimate of drug-likeness (QED) is 0.776. The fraction of sp³-hybridized carbons (Fsp3) is 0.400. The number of sulfonamides is 1. The van der Waals surface area contributed by atoms with Crippen LogP contribution in [0.4, 0.5) is 8.78 Å². The lowest BCUT2D eigenvalue weighted by molar-refractivity contribution is 0.0741. The van der Waals surface area contributed by atoms with Crippen molar-refractivity contribution in [2.45, 2.75) is 44.4 Å². The number of pyridine rings is 1. The first-order valence-electron chi connectivity index (χ1n) is 9.47. The average molecular weight is 437 g/mol. The summed E-state index contributed by atoms with van der Waals surface area (Å²) < 4.78 is 59.6. The first-order valence-corrected chi connectivity index (χ1v) is 11.4. The van der Waals surface area contributed by atoms with Crippen LogP contribution < -0.4 is 4.72 Å². The molecule has 1 aromatic carbocycles. The van der Waals surface area contributed by atoms with Crippen molar-refractivity contribution >= 4 is 15.9 Å². The number of halogens is 2. The third kappa shape index (κ3) is 4.44. The zero-order chi connectivity index (χ0) is 21.5. The second-order valence-electron chi connectivity index (χ2n) is 7.62. The van der Waals surface area contributed by atoms with E-state index in [1.54, 1.807) is 19.2 Å². The molecule has 4 rings (SSSR count). The van der Waals surface area contributed by atoms with E-state index in [4.69, 9.17) is 9.57 Å². The highest BCUT2D eigenvalue weighted by molar-refractivity contribution is 7.88. The average Bonchev–Trinajstić information content (AvgIpc) is 3.07. The monoisotopic (exact) mass is 437 g/mol. The molecule has 160 valence electrons. The minimum atomic E-state index is -3.25. The van der Waals surface area contributed by atoms with Crippen molar-refractivity contribution < 1.29 is 26.8 Å². The molecule has 0 bridgehead atoms. The van der Waals surface area contributed by atoms with Crippen LogP contribution in [0, 0.1) is 18.6 Å². The topological polar surface area (TPSA) is 89.9 Å². The fourth-order valence-corrected chi connectivity index (χ4v) is 4.41. The van der Waals surface area contributed by atoms with Gasteiger partial charge in [-0.05, 0) is 30.7 Å². The highest BCUT2D eigenvalue weighted by atomic mass is 32.2. The maximum atomic E-state index is 14.4. The van der Waals surface area contributed by atoms with Gasteiger partial charge in [-0.25, -0.2) is 21.9 Å². The Labute approximate surface area is 173 Å². The molecular weight excluding hydrogens is 416 g/mol. The van der Waals surface area contributed by atoms with Gasteiger partial charge in [0.15, 0.2) is 6.10 Å². The molecule has 1 unspecified atom stereocenters. The smallest absolute Gasteiger partial charge is 0.230 e. The molecule has 1 N–H and O–H groups in total. The van der Waals surface area contributed by atoms with Crippen molar-refractivity contribution in [1.29, 1.82) is 0 Å². The Balaban J connectivity index is 1.46. The van der Waals surface area contributed by atoms with Crippen molar-refractivity contribution in [2.75, 3.05) is 6.26 Å². The van der Waals surface area contributed by atoms with Gasteiger partial charge in [-0.3, -0.25) is 4.98 Å². The van der Waals surface area contributed by atoms with E-state index in [0.29, 0.717) is 30.0 Å². The highest BCUT2D eigenvalue weighted by Gasteiger charge is 2.36. The van der Waals surface area contributed by atoms with Gasteiger partial charge >= 0.3 is 0 Å². The van der Waals surface area contributed by atoms with E-state index in [1.165, 1.54) is 18.2 Å². The van der Waals surface area contributed by atoms with Crippen LogP contribution in [0.2, 0.25) is 0 Å². The molecule has 10 heteroatoms. The summed E-state index contributed by atoms with van der Waals surface area (Å²) in [6.45, 7) is 1.79. The van der Waals surface area contributed by atoms with Gasteiger partial charge in [0, 0.05) is 30.6 Å². The molecule has 7 nitrogen and oxygen atoms in total. The third-order valence-corrected chi connectivity index (χ3v) is 5.77. The molecule has 0 amide bonds. The van der Waals surface area contributed by atoms with Crippen molar-refractivity contribution in [3.05, 3.63) is 53.4 Å². The molecule has 2 heterocycles. The van der Waals surface area contributed by atoms with Crippen LogP contribution in [0.5, 0.6) is 0 Å². The van der Waals surface area contributed by atoms with Gasteiger partial charge in [-0.1, -0.05) is 11.2 Å². The third-order valence-electron chi connectivity index (χ3n) is 5.01. The molecule has 1 aliphatic heterocycles. The summed E-state index contributed by atoms with van der Waals surface area (Å²) in [5.41, 5.74) is 1.28. The zero-order valence-corrected chi connectivity index (χ0v) is 17.2. The minimum absolute atomic E-state index is 0.155.